The lowest BCUT2D eigenvalue weighted by atomic mass is 9.84. The van der Waals surface area contributed by atoms with Gasteiger partial charge in [-0.05, 0) is 71.8 Å². The zero-order valence-electron chi connectivity index (χ0n) is 23.4. The fraction of sp³-hybridized carbons (Fsp3) is 0. The van der Waals surface area contributed by atoms with Crippen molar-refractivity contribution in [1.29, 1.82) is 0 Å². The molecule has 9 rings (SSSR count). The molecule has 0 saturated heterocycles. The van der Waals surface area contributed by atoms with E-state index in [1.165, 1.54) is 85.9 Å². The normalized spacial score (nSPS) is 11.7. The predicted molar refractivity (Wildman–Crippen MR) is 188 cm³/mol. The molecule has 1 heteroatoms. The molecule has 0 saturated carbocycles. The summed E-state index contributed by atoms with van der Waals surface area (Å²) in [6, 6.07) is 57.8. The Morgan fingerprint density at radius 2 is 0.884 bits per heavy atom. The van der Waals surface area contributed by atoms with Crippen molar-refractivity contribution in [3.8, 4) is 33.4 Å². The predicted octanol–water partition coefficient (Wildman–Crippen LogP) is 12.5. The van der Waals surface area contributed by atoms with Crippen LogP contribution in [0.5, 0.6) is 0 Å². The molecule has 200 valence electrons. The first-order valence-corrected chi connectivity index (χ1v) is 15.6. The molecule has 8 aromatic carbocycles. The first-order valence-electron chi connectivity index (χ1n) is 14.8. The van der Waals surface area contributed by atoms with Gasteiger partial charge in [0.1, 0.15) is 0 Å². The minimum absolute atomic E-state index is 1.23. The monoisotopic (exact) mass is 562 g/mol. The molecule has 1 aromatic heterocycles. The summed E-state index contributed by atoms with van der Waals surface area (Å²) in [5, 5.41) is 10.5. The highest BCUT2D eigenvalue weighted by molar-refractivity contribution is 7.26. The van der Waals surface area contributed by atoms with E-state index in [2.05, 4.69) is 158 Å². The van der Waals surface area contributed by atoms with Crippen LogP contribution in [0.15, 0.2) is 158 Å². The van der Waals surface area contributed by atoms with Gasteiger partial charge in [0, 0.05) is 20.2 Å². The van der Waals surface area contributed by atoms with Gasteiger partial charge in [-0.3, -0.25) is 0 Å². The Labute approximate surface area is 254 Å². The number of rotatable bonds is 3. The molecule has 1 heterocycles. The number of thiophene rings is 1. The lowest BCUT2D eigenvalue weighted by molar-refractivity contribution is 1.61. The fourth-order valence-electron chi connectivity index (χ4n) is 6.95. The largest absolute Gasteiger partial charge is 0.135 e. The van der Waals surface area contributed by atoms with Crippen molar-refractivity contribution in [2.24, 2.45) is 0 Å². The maximum atomic E-state index is 2.33. The van der Waals surface area contributed by atoms with Crippen LogP contribution >= 0.6 is 11.3 Å². The van der Waals surface area contributed by atoms with Crippen molar-refractivity contribution in [2.45, 2.75) is 0 Å². The van der Waals surface area contributed by atoms with Crippen LogP contribution in [0.1, 0.15) is 0 Å². The molecule has 43 heavy (non-hydrogen) atoms. The molecule has 0 bridgehead atoms. The Morgan fingerprint density at radius 3 is 1.58 bits per heavy atom. The quantitative estimate of drug-likeness (QED) is 0.188. The van der Waals surface area contributed by atoms with Gasteiger partial charge >= 0.3 is 0 Å². The number of hydrogen-bond acceptors (Lipinski definition) is 1. The summed E-state index contributed by atoms with van der Waals surface area (Å²) in [5.41, 5.74) is 7.63. The average molecular weight is 563 g/mol. The van der Waals surface area contributed by atoms with Gasteiger partial charge in [0.15, 0.2) is 0 Å². The summed E-state index contributed by atoms with van der Waals surface area (Å²) in [6.45, 7) is 0. The van der Waals surface area contributed by atoms with E-state index in [0.29, 0.717) is 0 Å². The van der Waals surface area contributed by atoms with Gasteiger partial charge in [-0.1, -0.05) is 152 Å². The van der Waals surface area contributed by atoms with Gasteiger partial charge < -0.3 is 0 Å². The Kier molecular flexibility index (Phi) is 5.47. The molecule has 0 aliphatic carbocycles. The molecule has 0 atom stereocenters. The Balaban J connectivity index is 1.35. The van der Waals surface area contributed by atoms with Crippen molar-refractivity contribution in [1.82, 2.24) is 0 Å². The second-order valence-electron chi connectivity index (χ2n) is 11.2. The van der Waals surface area contributed by atoms with Crippen LogP contribution < -0.4 is 0 Å². The second kappa shape index (κ2) is 9.66. The fourth-order valence-corrected chi connectivity index (χ4v) is 8.22. The highest BCUT2D eigenvalue weighted by atomic mass is 32.1. The van der Waals surface area contributed by atoms with Crippen LogP contribution in [0.4, 0.5) is 0 Å². The third-order valence-corrected chi connectivity index (χ3v) is 10.1. The summed E-state index contributed by atoms with van der Waals surface area (Å²) in [7, 11) is 0. The molecule has 0 unspecified atom stereocenters. The van der Waals surface area contributed by atoms with Crippen LogP contribution in [0.25, 0.3) is 85.9 Å². The molecule has 0 nitrogen and oxygen atoms in total. The van der Waals surface area contributed by atoms with Crippen LogP contribution in [0.3, 0.4) is 0 Å². The van der Waals surface area contributed by atoms with E-state index in [-0.39, 0.29) is 0 Å². The third-order valence-electron chi connectivity index (χ3n) is 8.87. The number of benzene rings is 8. The van der Waals surface area contributed by atoms with Gasteiger partial charge in [-0.15, -0.1) is 11.3 Å². The molecule has 0 amide bonds. The van der Waals surface area contributed by atoms with Crippen LogP contribution in [-0.2, 0) is 0 Å². The molecule has 0 aliphatic heterocycles. The second-order valence-corrected chi connectivity index (χ2v) is 12.3. The summed E-state index contributed by atoms with van der Waals surface area (Å²) in [5.74, 6) is 0. The van der Waals surface area contributed by atoms with Crippen molar-refractivity contribution in [2.75, 3.05) is 0 Å². The Morgan fingerprint density at radius 1 is 0.326 bits per heavy atom. The zero-order valence-corrected chi connectivity index (χ0v) is 24.2. The summed E-state index contributed by atoms with van der Waals surface area (Å²) >= 11 is 1.91. The van der Waals surface area contributed by atoms with Crippen LogP contribution in [-0.4, -0.2) is 0 Å². The molecule has 0 fully saturated rings. The number of hydrogen-bond donors (Lipinski definition) is 0. The minimum Gasteiger partial charge on any atom is -0.135 e. The van der Waals surface area contributed by atoms with E-state index in [4.69, 9.17) is 0 Å². The maximum Gasteiger partial charge on any atom is 0.0434 e. The van der Waals surface area contributed by atoms with Crippen molar-refractivity contribution in [3.63, 3.8) is 0 Å². The first-order chi connectivity index (χ1) is 21.3. The maximum absolute atomic E-state index is 2.33. The SMILES string of the molecule is c1ccc(-c2ccc(-c3c4ccccc4c(-c4cccc5sc6c7ccccc7ccc6c45)c4ccccc34)cc2)cc1. The zero-order chi connectivity index (χ0) is 28.3. The van der Waals surface area contributed by atoms with Crippen molar-refractivity contribution in [3.05, 3.63) is 158 Å². The van der Waals surface area contributed by atoms with E-state index in [0.717, 1.165) is 0 Å². The highest BCUT2D eigenvalue weighted by Gasteiger charge is 2.20. The van der Waals surface area contributed by atoms with Crippen molar-refractivity contribution < 1.29 is 0 Å². The van der Waals surface area contributed by atoms with E-state index >= 15 is 0 Å². The average Bonchev–Trinajstić information content (AvgIpc) is 3.47. The smallest absolute Gasteiger partial charge is 0.0434 e. The molecule has 0 N–H and O–H groups in total. The van der Waals surface area contributed by atoms with Gasteiger partial charge in [0.2, 0.25) is 0 Å². The minimum atomic E-state index is 1.23. The molecule has 0 radical (unpaired) electrons. The third kappa shape index (κ3) is 3.75. The topological polar surface area (TPSA) is 0 Å². The van der Waals surface area contributed by atoms with Crippen LogP contribution in [0, 0.1) is 0 Å². The van der Waals surface area contributed by atoms with Gasteiger partial charge in [-0.25, -0.2) is 0 Å². The van der Waals surface area contributed by atoms with E-state index in [1.807, 2.05) is 11.3 Å². The lowest BCUT2D eigenvalue weighted by Gasteiger charge is -2.18. The molecule has 0 spiro atoms. The molecular formula is C42H26S. The van der Waals surface area contributed by atoms with E-state index in [9.17, 15) is 0 Å². The number of fused-ring (bicyclic) bond motifs is 7. The summed E-state index contributed by atoms with van der Waals surface area (Å²) in [4.78, 5) is 0. The Bertz CT molecular complexity index is 2420. The van der Waals surface area contributed by atoms with Gasteiger partial charge in [0.05, 0.1) is 0 Å². The lowest BCUT2D eigenvalue weighted by Crippen LogP contribution is -1.91. The summed E-state index contributed by atoms with van der Waals surface area (Å²) in [6.07, 6.45) is 0. The first kappa shape index (κ1) is 24.4. The standard InChI is InChI=1S/C42H26S/c1-2-11-27(12-3-1)28-21-23-30(24-22-28)39-32-15-6-8-17-34(32)40(35-18-9-7-16-33(35)39)36-19-10-20-38-41(36)37-26-25-29-13-4-5-14-31(29)42(37)43-38/h1-26H. The van der Waals surface area contributed by atoms with E-state index < -0.39 is 0 Å². The summed E-state index contributed by atoms with van der Waals surface area (Å²) < 4.78 is 2.70. The highest BCUT2D eigenvalue weighted by Crippen LogP contribution is 2.48. The Hall–Kier alpha value is -5.24. The molecule has 0 aliphatic rings. The van der Waals surface area contributed by atoms with Gasteiger partial charge in [-0.2, -0.15) is 0 Å². The van der Waals surface area contributed by atoms with Gasteiger partial charge in [0.25, 0.3) is 0 Å². The van der Waals surface area contributed by atoms with Crippen molar-refractivity contribution >= 4 is 63.8 Å². The van der Waals surface area contributed by atoms with E-state index in [1.54, 1.807) is 0 Å². The molecule has 9 aromatic rings. The molecular weight excluding hydrogens is 537 g/mol. The van der Waals surface area contributed by atoms with Crippen LogP contribution in [0.2, 0.25) is 0 Å².